The molecule has 0 bridgehead atoms. The Morgan fingerprint density at radius 1 is 1.00 bits per heavy atom. The minimum absolute atomic E-state index is 0.648. The first-order valence-corrected chi connectivity index (χ1v) is 5.19. The minimum atomic E-state index is 0.648. The lowest BCUT2D eigenvalue weighted by molar-refractivity contribution is 0.854. The third-order valence-electron chi connectivity index (χ3n) is 2.27. The van der Waals surface area contributed by atoms with Crippen LogP contribution < -0.4 is 0 Å². The second-order valence-electron chi connectivity index (χ2n) is 3.44. The Kier molecular flexibility index (Phi) is 5.45. The molecule has 0 atom stereocenters. The third-order valence-corrected chi connectivity index (χ3v) is 2.27. The molecule has 74 valence electrons. The van der Waals surface area contributed by atoms with Gasteiger partial charge >= 0.3 is 0 Å². The molecule has 1 aromatic rings. The fraction of sp³-hybridized carbons (Fsp3) is 0.538. The van der Waals surface area contributed by atoms with E-state index >= 15 is 0 Å². The minimum Gasteiger partial charge on any atom is -0.0683 e. The van der Waals surface area contributed by atoms with Crippen LogP contribution in [0, 0.1) is 13.8 Å². The van der Waals surface area contributed by atoms with Crippen molar-refractivity contribution in [2.75, 3.05) is 0 Å². The Morgan fingerprint density at radius 2 is 1.54 bits per heavy atom. The maximum Gasteiger partial charge on any atom is -0.0216 e. The first kappa shape index (κ1) is 12.2. The summed E-state index contributed by atoms with van der Waals surface area (Å²) in [5, 5.41) is 0. The predicted molar refractivity (Wildman–Crippen MR) is 61.4 cm³/mol. The number of hydrogen-bond acceptors (Lipinski definition) is 0. The van der Waals surface area contributed by atoms with E-state index in [2.05, 4.69) is 45.9 Å². The lowest BCUT2D eigenvalue weighted by Crippen LogP contribution is -1.93. The Labute approximate surface area is 83.0 Å². The van der Waals surface area contributed by atoms with Gasteiger partial charge < -0.3 is 0 Å². The third kappa shape index (κ3) is 3.22. The molecule has 0 radical (unpaired) electrons. The van der Waals surface area contributed by atoms with Crippen molar-refractivity contribution in [3.05, 3.63) is 34.9 Å². The largest absolute Gasteiger partial charge is 0.0683 e. The molecule has 13 heavy (non-hydrogen) atoms. The maximum atomic E-state index is 2.24. The SMILES string of the molecule is CC.Cc1cccc(C(C)C)c1C. The molecule has 0 saturated heterocycles. The monoisotopic (exact) mass is 178 g/mol. The Balaban J connectivity index is 0.000000671. The molecular weight excluding hydrogens is 156 g/mol. The highest BCUT2D eigenvalue weighted by Gasteiger charge is 2.03. The van der Waals surface area contributed by atoms with Gasteiger partial charge in [-0.15, -0.1) is 0 Å². The molecule has 1 aromatic carbocycles. The van der Waals surface area contributed by atoms with E-state index in [-0.39, 0.29) is 0 Å². The van der Waals surface area contributed by atoms with Crippen LogP contribution in [0.3, 0.4) is 0 Å². The van der Waals surface area contributed by atoms with Gasteiger partial charge in [0.1, 0.15) is 0 Å². The van der Waals surface area contributed by atoms with Crippen molar-refractivity contribution in [3.63, 3.8) is 0 Å². The molecule has 0 heterocycles. The van der Waals surface area contributed by atoms with Crippen LogP contribution in [0.1, 0.15) is 50.3 Å². The summed E-state index contributed by atoms with van der Waals surface area (Å²) in [6, 6.07) is 6.52. The van der Waals surface area contributed by atoms with Gasteiger partial charge in [-0.25, -0.2) is 0 Å². The van der Waals surface area contributed by atoms with Crippen molar-refractivity contribution < 1.29 is 0 Å². The molecular formula is C13H22. The van der Waals surface area contributed by atoms with E-state index in [1.165, 1.54) is 16.7 Å². The van der Waals surface area contributed by atoms with Crippen molar-refractivity contribution in [2.45, 2.75) is 47.5 Å². The lowest BCUT2D eigenvalue weighted by atomic mass is 9.95. The first-order valence-electron chi connectivity index (χ1n) is 5.19. The van der Waals surface area contributed by atoms with Crippen molar-refractivity contribution in [1.82, 2.24) is 0 Å². The van der Waals surface area contributed by atoms with E-state index in [0.717, 1.165) is 0 Å². The molecule has 0 N–H and O–H groups in total. The summed E-state index contributed by atoms with van der Waals surface area (Å²) < 4.78 is 0. The summed E-state index contributed by atoms with van der Waals surface area (Å²) in [7, 11) is 0. The summed E-state index contributed by atoms with van der Waals surface area (Å²) in [6.07, 6.45) is 0. The van der Waals surface area contributed by atoms with Gasteiger partial charge in [0.25, 0.3) is 0 Å². The van der Waals surface area contributed by atoms with E-state index in [1.807, 2.05) is 13.8 Å². The summed E-state index contributed by atoms with van der Waals surface area (Å²) in [4.78, 5) is 0. The van der Waals surface area contributed by atoms with E-state index in [0.29, 0.717) is 5.92 Å². The van der Waals surface area contributed by atoms with Gasteiger partial charge in [0.15, 0.2) is 0 Å². The second-order valence-corrected chi connectivity index (χ2v) is 3.44. The fourth-order valence-corrected chi connectivity index (χ4v) is 1.40. The maximum absolute atomic E-state index is 2.24. The van der Waals surface area contributed by atoms with Crippen molar-refractivity contribution >= 4 is 0 Å². The Morgan fingerprint density at radius 3 is 1.92 bits per heavy atom. The average Bonchev–Trinajstić information content (AvgIpc) is 2.13. The lowest BCUT2D eigenvalue weighted by Gasteiger charge is -2.10. The highest BCUT2D eigenvalue weighted by molar-refractivity contribution is 5.34. The molecule has 0 aliphatic carbocycles. The average molecular weight is 178 g/mol. The van der Waals surface area contributed by atoms with Crippen LogP contribution in [0.4, 0.5) is 0 Å². The van der Waals surface area contributed by atoms with E-state index in [9.17, 15) is 0 Å². The summed E-state index contributed by atoms with van der Waals surface area (Å²) in [5.41, 5.74) is 4.32. The van der Waals surface area contributed by atoms with Crippen LogP contribution in [0.5, 0.6) is 0 Å². The molecule has 0 nitrogen and oxygen atoms in total. The Bertz CT molecular complexity index is 246. The standard InChI is InChI=1S/C11H16.C2H6/c1-8(2)11-7-5-6-9(3)10(11)4;1-2/h5-8H,1-4H3;1-2H3. The number of benzene rings is 1. The zero-order valence-electron chi connectivity index (χ0n) is 9.81. The van der Waals surface area contributed by atoms with Crippen LogP contribution >= 0.6 is 0 Å². The fourth-order valence-electron chi connectivity index (χ4n) is 1.40. The van der Waals surface area contributed by atoms with E-state index in [1.54, 1.807) is 0 Å². The predicted octanol–water partition coefficient (Wildman–Crippen LogP) is 4.45. The smallest absolute Gasteiger partial charge is 0.0216 e. The Hall–Kier alpha value is -0.780. The number of rotatable bonds is 1. The molecule has 0 heteroatoms. The molecule has 0 spiro atoms. The molecule has 0 aliphatic heterocycles. The van der Waals surface area contributed by atoms with E-state index < -0.39 is 0 Å². The zero-order chi connectivity index (χ0) is 10.4. The summed E-state index contributed by atoms with van der Waals surface area (Å²) >= 11 is 0. The molecule has 1 rings (SSSR count). The van der Waals surface area contributed by atoms with E-state index in [4.69, 9.17) is 0 Å². The van der Waals surface area contributed by atoms with Gasteiger partial charge in [-0.3, -0.25) is 0 Å². The quantitative estimate of drug-likeness (QED) is 0.596. The van der Waals surface area contributed by atoms with Gasteiger partial charge in [0.2, 0.25) is 0 Å². The van der Waals surface area contributed by atoms with Crippen molar-refractivity contribution in [1.29, 1.82) is 0 Å². The normalized spacial score (nSPS) is 9.46. The topological polar surface area (TPSA) is 0 Å². The van der Waals surface area contributed by atoms with Crippen LogP contribution in [0.15, 0.2) is 18.2 Å². The van der Waals surface area contributed by atoms with Gasteiger partial charge in [-0.1, -0.05) is 45.9 Å². The molecule has 0 fully saturated rings. The summed E-state index contributed by atoms with van der Waals surface area (Å²) in [5.74, 6) is 0.648. The summed E-state index contributed by atoms with van der Waals surface area (Å²) in [6.45, 7) is 12.8. The second kappa shape index (κ2) is 5.80. The first-order chi connectivity index (χ1) is 6.13. The molecule has 0 amide bonds. The number of hydrogen-bond donors (Lipinski definition) is 0. The highest BCUT2D eigenvalue weighted by Crippen LogP contribution is 2.20. The molecule has 0 unspecified atom stereocenters. The van der Waals surface area contributed by atoms with Gasteiger partial charge in [-0.2, -0.15) is 0 Å². The van der Waals surface area contributed by atoms with Gasteiger partial charge in [0.05, 0.1) is 0 Å². The van der Waals surface area contributed by atoms with Crippen LogP contribution in [-0.4, -0.2) is 0 Å². The van der Waals surface area contributed by atoms with Crippen molar-refractivity contribution in [3.8, 4) is 0 Å². The van der Waals surface area contributed by atoms with Crippen LogP contribution in [0.25, 0.3) is 0 Å². The molecule has 0 saturated carbocycles. The highest BCUT2D eigenvalue weighted by atomic mass is 14.1. The number of aryl methyl sites for hydroxylation is 1. The van der Waals surface area contributed by atoms with Crippen molar-refractivity contribution in [2.24, 2.45) is 0 Å². The molecule has 0 aliphatic rings. The zero-order valence-corrected chi connectivity index (χ0v) is 9.81. The van der Waals surface area contributed by atoms with Crippen LogP contribution in [-0.2, 0) is 0 Å². The van der Waals surface area contributed by atoms with Gasteiger partial charge in [0, 0.05) is 0 Å². The van der Waals surface area contributed by atoms with Crippen LogP contribution in [0.2, 0.25) is 0 Å². The van der Waals surface area contributed by atoms with Gasteiger partial charge in [-0.05, 0) is 36.5 Å². The molecule has 0 aromatic heterocycles.